The highest BCUT2D eigenvalue weighted by molar-refractivity contribution is 5.90. The summed E-state index contributed by atoms with van der Waals surface area (Å²) in [5, 5.41) is 39.2. The molecule has 2 saturated heterocycles. The van der Waals surface area contributed by atoms with Crippen molar-refractivity contribution in [3.8, 4) is 18.2 Å². The topological polar surface area (TPSA) is 127 Å². The second-order valence-corrected chi connectivity index (χ2v) is 7.03. The van der Waals surface area contributed by atoms with Crippen molar-refractivity contribution in [3.63, 3.8) is 0 Å². The molecule has 7 heteroatoms. The number of nitriles is 3. The van der Waals surface area contributed by atoms with Gasteiger partial charge in [-0.05, 0) is 11.6 Å². The van der Waals surface area contributed by atoms with Crippen LogP contribution >= 0.6 is 0 Å². The molecule has 1 aromatic carbocycles. The standard InChI is InChI=1S/C21H15N5O2/c1-19-16(14-6-3-2-4-7-14)21(13-24,18(25)28-19)20(11-22,12-23)17(27-19)15-8-5-9-26-10-15/h2-10,16-17,25H,1H3/t16-,17-,19-,21-/m0/s1. The van der Waals surface area contributed by atoms with Crippen LogP contribution in [0.15, 0.2) is 54.9 Å². The van der Waals surface area contributed by atoms with Crippen molar-refractivity contribution < 1.29 is 9.47 Å². The second-order valence-electron chi connectivity index (χ2n) is 7.03. The third kappa shape index (κ3) is 1.93. The van der Waals surface area contributed by atoms with Gasteiger partial charge in [0.2, 0.25) is 17.1 Å². The molecule has 2 aromatic rings. The number of rotatable bonds is 2. The number of nitrogens with zero attached hydrogens (tertiary/aromatic N) is 4. The molecule has 0 saturated carbocycles. The van der Waals surface area contributed by atoms with Crippen LogP contribution in [0.1, 0.15) is 30.1 Å². The Balaban J connectivity index is 2.05. The van der Waals surface area contributed by atoms with Gasteiger partial charge in [0.05, 0.1) is 24.1 Å². The summed E-state index contributed by atoms with van der Waals surface area (Å²) in [5.74, 6) is -2.65. The molecular formula is C21H15N5O2. The Morgan fingerprint density at radius 2 is 1.68 bits per heavy atom. The lowest BCUT2D eigenvalue weighted by Crippen LogP contribution is -2.57. The highest BCUT2D eigenvalue weighted by Gasteiger charge is 2.79. The van der Waals surface area contributed by atoms with E-state index >= 15 is 0 Å². The zero-order chi connectivity index (χ0) is 20.0. The molecule has 0 amide bonds. The summed E-state index contributed by atoms with van der Waals surface area (Å²) in [4.78, 5) is 4.06. The summed E-state index contributed by atoms with van der Waals surface area (Å²) < 4.78 is 12.0. The molecule has 0 aliphatic carbocycles. The molecule has 1 aromatic heterocycles. The smallest absolute Gasteiger partial charge is 0.218 e. The van der Waals surface area contributed by atoms with Crippen LogP contribution in [0.4, 0.5) is 0 Å². The molecular weight excluding hydrogens is 354 g/mol. The second kappa shape index (κ2) is 5.89. The van der Waals surface area contributed by atoms with Crippen molar-refractivity contribution in [1.82, 2.24) is 4.98 Å². The average Bonchev–Trinajstić information content (AvgIpc) is 2.92. The Morgan fingerprint density at radius 1 is 1.00 bits per heavy atom. The third-order valence-corrected chi connectivity index (χ3v) is 5.64. The lowest BCUT2D eigenvalue weighted by molar-refractivity contribution is -0.253. The molecule has 2 aliphatic heterocycles. The molecule has 28 heavy (non-hydrogen) atoms. The van der Waals surface area contributed by atoms with E-state index in [-0.39, 0.29) is 0 Å². The minimum atomic E-state index is -2.00. The minimum absolute atomic E-state index is 0.430. The first kappa shape index (κ1) is 17.7. The summed E-state index contributed by atoms with van der Waals surface area (Å²) in [6, 6.07) is 18.5. The number of ether oxygens (including phenoxy) is 2. The normalized spacial score (nSPS) is 32.4. The van der Waals surface area contributed by atoms with E-state index in [1.807, 2.05) is 18.2 Å². The summed E-state index contributed by atoms with van der Waals surface area (Å²) in [6.07, 6.45) is 1.95. The van der Waals surface area contributed by atoms with E-state index in [1.54, 1.807) is 49.5 Å². The van der Waals surface area contributed by atoms with Gasteiger partial charge in [-0.15, -0.1) is 0 Å². The van der Waals surface area contributed by atoms with Gasteiger partial charge in [0.25, 0.3) is 0 Å². The van der Waals surface area contributed by atoms with Gasteiger partial charge in [0.15, 0.2) is 5.41 Å². The number of nitrogens with one attached hydrogen (secondary N) is 1. The van der Waals surface area contributed by atoms with E-state index in [0.717, 1.165) is 0 Å². The van der Waals surface area contributed by atoms with Gasteiger partial charge < -0.3 is 9.47 Å². The van der Waals surface area contributed by atoms with Crippen molar-refractivity contribution >= 4 is 5.90 Å². The number of hydrogen-bond donors (Lipinski definition) is 1. The van der Waals surface area contributed by atoms with Gasteiger partial charge in [0.1, 0.15) is 6.10 Å². The van der Waals surface area contributed by atoms with Crippen molar-refractivity contribution in [3.05, 3.63) is 66.0 Å². The number of benzene rings is 1. The van der Waals surface area contributed by atoms with Crippen molar-refractivity contribution in [1.29, 1.82) is 21.2 Å². The molecule has 4 rings (SSSR count). The molecule has 2 aliphatic rings. The van der Waals surface area contributed by atoms with Crippen LogP contribution in [-0.2, 0) is 9.47 Å². The molecule has 4 atom stereocenters. The zero-order valence-corrected chi connectivity index (χ0v) is 15.0. The number of hydrogen-bond acceptors (Lipinski definition) is 7. The lowest BCUT2D eigenvalue weighted by Gasteiger charge is -2.48. The molecule has 2 fully saturated rings. The quantitative estimate of drug-likeness (QED) is 0.866. The maximum atomic E-state index is 10.3. The molecule has 2 bridgehead atoms. The molecule has 3 heterocycles. The van der Waals surface area contributed by atoms with Crippen molar-refractivity contribution in [2.75, 3.05) is 0 Å². The number of aromatic nitrogens is 1. The van der Waals surface area contributed by atoms with Crippen LogP contribution in [0.25, 0.3) is 0 Å². The maximum absolute atomic E-state index is 10.3. The van der Waals surface area contributed by atoms with Crippen LogP contribution < -0.4 is 0 Å². The monoisotopic (exact) mass is 369 g/mol. The van der Waals surface area contributed by atoms with Gasteiger partial charge in [0, 0.05) is 24.9 Å². The lowest BCUT2D eigenvalue weighted by atomic mass is 9.52. The molecule has 7 nitrogen and oxygen atoms in total. The first-order chi connectivity index (χ1) is 13.5. The minimum Gasteiger partial charge on any atom is -0.447 e. The fraction of sp³-hybridized carbons (Fsp3) is 0.286. The molecule has 0 spiro atoms. The Labute approximate surface area is 161 Å². The Morgan fingerprint density at radius 3 is 2.25 bits per heavy atom. The fourth-order valence-electron chi connectivity index (χ4n) is 4.46. The van der Waals surface area contributed by atoms with E-state index in [4.69, 9.17) is 14.9 Å². The average molecular weight is 369 g/mol. The Bertz CT molecular complexity index is 1050. The zero-order valence-electron chi connectivity index (χ0n) is 15.0. The summed E-state index contributed by atoms with van der Waals surface area (Å²) in [5.41, 5.74) is -2.71. The van der Waals surface area contributed by atoms with Crippen molar-refractivity contribution in [2.45, 2.75) is 24.7 Å². The van der Waals surface area contributed by atoms with E-state index in [9.17, 15) is 15.8 Å². The van der Waals surface area contributed by atoms with Crippen LogP contribution in [0.3, 0.4) is 0 Å². The van der Waals surface area contributed by atoms with Crippen LogP contribution in [-0.4, -0.2) is 16.7 Å². The van der Waals surface area contributed by atoms with Crippen molar-refractivity contribution in [2.24, 2.45) is 10.8 Å². The molecule has 0 unspecified atom stereocenters. The van der Waals surface area contributed by atoms with E-state index in [0.29, 0.717) is 11.1 Å². The summed E-state index contributed by atoms with van der Waals surface area (Å²) >= 11 is 0. The Hall–Kier alpha value is -3.73. The van der Waals surface area contributed by atoms with E-state index < -0.39 is 34.5 Å². The first-order valence-electron chi connectivity index (χ1n) is 8.63. The molecule has 1 N–H and O–H groups in total. The van der Waals surface area contributed by atoms with Gasteiger partial charge in [-0.3, -0.25) is 10.4 Å². The third-order valence-electron chi connectivity index (χ3n) is 5.64. The van der Waals surface area contributed by atoms with Crippen LogP contribution in [0, 0.1) is 50.2 Å². The predicted octanol–water partition coefficient (Wildman–Crippen LogP) is 3.20. The van der Waals surface area contributed by atoms with Gasteiger partial charge in [-0.25, -0.2) is 0 Å². The van der Waals surface area contributed by atoms with Crippen LogP contribution in [0.2, 0.25) is 0 Å². The largest absolute Gasteiger partial charge is 0.447 e. The number of fused-ring (bicyclic) bond motifs is 2. The highest BCUT2D eigenvalue weighted by Crippen LogP contribution is 2.69. The predicted molar refractivity (Wildman–Crippen MR) is 96.2 cm³/mol. The first-order valence-corrected chi connectivity index (χ1v) is 8.63. The van der Waals surface area contributed by atoms with Gasteiger partial charge in [-0.2, -0.15) is 15.8 Å². The van der Waals surface area contributed by atoms with Crippen LogP contribution in [0.5, 0.6) is 0 Å². The summed E-state index contributed by atoms with van der Waals surface area (Å²) in [7, 11) is 0. The van der Waals surface area contributed by atoms with Gasteiger partial charge in [-0.1, -0.05) is 36.4 Å². The molecule has 136 valence electrons. The Kier molecular flexibility index (Phi) is 3.72. The number of pyridine rings is 1. The molecule has 0 radical (unpaired) electrons. The summed E-state index contributed by atoms with van der Waals surface area (Å²) in [6.45, 7) is 1.64. The highest BCUT2D eigenvalue weighted by atomic mass is 16.7. The van der Waals surface area contributed by atoms with E-state index in [2.05, 4.69) is 11.1 Å². The van der Waals surface area contributed by atoms with E-state index in [1.165, 1.54) is 6.20 Å². The fourth-order valence-corrected chi connectivity index (χ4v) is 4.46. The maximum Gasteiger partial charge on any atom is 0.218 e. The van der Waals surface area contributed by atoms with Gasteiger partial charge >= 0.3 is 0 Å². The SMILES string of the molecule is C[C@]12OC(=N)[C@](C#N)([C@H]1c1ccccc1)C(C#N)(C#N)[C@H](c1cccnc1)O2.